The van der Waals surface area contributed by atoms with Crippen molar-refractivity contribution in [2.45, 2.75) is 37.9 Å². The molecule has 2 unspecified atom stereocenters. The molecule has 4 nitrogen and oxygen atoms in total. The highest BCUT2D eigenvalue weighted by atomic mass is 35.5. The lowest BCUT2D eigenvalue weighted by Gasteiger charge is -2.36. The third-order valence-corrected chi connectivity index (χ3v) is 5.62. The molecule has 9 heteroatoms. The molecule has 1 saturated heterocycles. The van der Waals surface area contributed by atoms with Gasteiger partial charge in [0.05, 0.1) is 11.3 Å². The van der Waals surface area contributed by atoms with Gasteiger partial charge < -0.3 is 5.32 Å². The van der Waals surface area contributed by atoms with Crippen molar-refractivity contribution in [3.05, 3.63) is 35.4 Å². The molecule has 1 heterocycles. The molecule has 2 atom stereocenters. The second-order valence-electron chi connectivity index (χ2n) is 5.64. The highest BCUT2D eigenvalue weighted by Crippen LogP contribution is 2.33. The molecule has 0 radical (unpaired) electrons. The fourth-order valence-electron chi connectivity index (χ4n) is 2.58. The van der Waals surface area contributed by atoms with Crippen LogP contribution in [0.3, 0.4) is 0 Å². The number of nitrogens with zero attached hydrogens (tertiary/aromatic N) is 1. The van der Waals surface area contributed by atoms with Crippen LogP contribution in [0.2, 0.25) is 0 Å². The molecule has 1 aliphatic heterocycles. The van der Waals surface area contributed by atoms with E-state index in [-0.39, 0.29) is 36.6 Å². The van der Waals surface area contributed by atoms with Gasteiger partial charge in [-0.3, -0.25) is 0 Å². The smallest absolute Gasteiger partial charge is 0.311 e. The number of benzene rings is 1. The van der Waals surface area contributed by atoms with Gasteiger partial charge in [-0.2, -0.15) is 17.5 Å². The van der Waals surface area contributed by atoms with Crippen molar-refractivity contribution in [3.63, 3.8) is 0 Å². The van der Waals surface area contributed by atoms with E-state index in [0.29, 0.717) is 6.54 Å². The summed E-state index contributed by atoms with van der Waals surface area (Å²) in [4.78, 5) is 0. The summed E-state index contributed by atoms with van der Waals surface area (Å²) >= 11 is 0. The minimum Gasteiger partial charge on any atom is -0.311 e. The van der Waals surface area contributed by atoms with Crippen molar-refractivity contribution in [1.82, 2.24) is 9.62 Å². The van der Waals surface area contributed by atoms with E-state index in [1.165, 1.54) is 22.5 Å². The molecule has 2 rings (SSSR count). The predicted octanol–water partition coefficient (Wildman–Crippen LogP) is 2.64. The molecule has 0 amide bonds. The van der Waals surface area contributed by atoms with Crippen molar-refractivity contribution in [3.8, 4) is 0 Å². The molecular weight excluding hydrogens is 353 g/mol. The van der Waals surface area contributed by atoms with Crippen molar-refractivity contribution < 1.29 is 21.6 Å². The van der Waals surface area contributed by atoms with E-state index >= 15 is 0 Å². The highest BCUT2D eigenvalue weighted by molar-refractivity contribution is 7.88. The predicted molar refractivity (Wildman–Crippen MR) is 84.9 cm³/mol. The molecule has 0 spiro atoms. The van der Waals surface area contributed by atoms with Gasteiger partial charge in [0.2, 0.25) is 10.0 Å². The Hall–Kier alpha value is -0.830. The average molecular weight is 373 g/mol. The molecule has 23 heavy (non-hydrogen) atoms. The normalized spacial score (nSPS) is 23.3. The summed E-state index contributed by atoms with van der Waals surface area (Å²) in [6, 6.07) is 4.51. The number of nitrogens with one attached hydrogen (secondary N) is 1. The molecule has 132 valence electrons. The van der Waals surface area contributed by atoms with E-state index in [9.17, 15) is 21.6 Å². The quantitative estimate of drug-likeness (QED) is 0.887. The van der Waals surface area contributed by atoms with Gasteiger partial charge in [0.25, 0.3) is 0 Å². The van der Waals surface area contributed by atoms with Gasteiger partial charge in [-0.05, 0) is 25.5 Å². The number of hydrogen-bond donors (Lipinski definition) is 1. The Labute approximate surface area is 140 Å². The first-order chi connectivity index (χ1) is 10.1. The van der Waals surface area contributed by atoms with E-state index < -0.39 is 27.5 Å². The van der Waals surface area contributed by atoms with Crippen LogP contribution in [0.4, 0.5) is 13.2 Å². The fourth-order valence-corrected chi connectivity index (χ4v) is 4.46. The van der Waals surface area contributed by atoms with Crippen LogP contribution >= 0.6 is 12.4 Å². The van der Waals surface area contributed by atoms with E-state index in [2.05, 4.69) is 5.32 Å². The molecular formula is C14H20ClF3N2O2S. The summed E-state index contributed by atoms with van der Waals surface area (Å²) in [5, 5.41) is 3.15. The molecule has 1 aliphatic rings. The summed E-state index contributed by atoms with van der Waals surface area (Å²) in [5.41, 5.74) is -1.11. The molecule has 1 aromatic rings. The second-order valence-corrected chi connectivity index (χ2v) is 7.56. The number of piperazine rings is 1. The topological polar surface area (TPSA) is 49.4 Å². The summed E-state index contributed by atoms with van der Waals surface area (Å²) in [7, 11) is -3.81. The summed E-state index contributed by atoms with van der Waals surface area (Å²) in [6.07, 6.45) is -4.56. The number of rotatable bonds is 3. The van der Waals surface area contributed by atoms with Crippen LogP contribution in [0.15, 0.2) is 24.3 Å². The van der Waals surface area contributed by atoms with Crippen LogP contribution in [-0.2, 0) is 22.0 Å². The molecule has 0 aliphatic carbocycles. The largest absolute Gasteiger partial charge is 0.416 e. The Morgan fingerprint density at radius 2 is 1.87 bits per heavy atom. The zero-order chi connectivity index (χ0) is 16.5. The summed E-state index contributed by atoms with van der Waals surface area (Å²) < 4.78 is 65.3. The Morgan fingerprint density at radius 1 is 1.26 bits per heavy atom. The van der Waals surface area contributed by atoms with Crippen LogP contribution < -0.4 is 5.32 Å². The molecule has 1 aromatic carbocycles. The van der Waals surface area contributed by atoms with Crippen molar-refractivity contribution >= 4 is 22.4 Å². The van der Waals surface area contributed by atoms with Gasteiger partial charge >= 0.3 is 6.18 Å². The fraction of sp³-hybridized carbons (Fsp3) is 0.571. The average Bonchev–Trinajstić information content (AvgIpc) is 2.40. The Morgan fingerprint density at radius 3 is 2.48 bits per heavy atom. The van der Waals surface area contributed by atoms with Crippen LogP contribution in [0.25, 0.3) is 0 Å². The number of hydrogen-bond acceptors (Lipinski definition) is 3. The Balaban J connectivity index is 0.00000264. The first-order valence-corrected chi connectivity index (χ1v) is 8.60. The van der Waals surface area contributed by atoms with Gasteiger partial charge in [0, 0.05) is 25.2 Å². The van der Waals surface area contributed by atoms with Gasteiger partial charge in [0.1, 0.15) is 0 Å². The maximum atomic E-state index is 13.0. The monoisotopic (exact) mass is 372 g/mol. The number of sulfonamides is 1. The first kappa shape index (κ1) is 20.2. The summed E-state index contributed by atoms with van der Waals surface area (Å²) in [5.74, 6) is -0.639. The van der Waals surface area contributed by atoms with E-state index in [1.807, 2.05) is 6.92 Å². The third kappa shape index (κ3) is 4.82. The zero-order valence-corrected chi connectivity index (χ0v) is 14.4. The van der Waals surface area contributed by atoms with Crippen LogP contribution in [0.1, 0.15) is 25.0 Å². The maximum absolute atomic E-state index is 13.0. The zero-order valence-electron chi connectivity index (χ0n) is 12.8. The number of halogens is 4. The molecule has 0 saturated carbocycles. The second kappa shape index (κ2) is 7.38. The highest BCUT2D eigenvalue weighted by Gasteiger charge is 2.37. The van der Waals surface area contributed by atoms with Crippen molar-refractivity contribution in [2.24, 2.45) is 0 Å². The van der Waals surface area contributed by atoms with Gasteiger partial charge in [-0.1, -0.05) is 18.2 Å². The SMILES string of the molecule is CC1CN(S(=O)(=O)Cc2ccccc2C(F)(F)F)C(C)CN1.Cl. The summed E-state index contributed by atoms with van der Waals surface area (Å²) in [6.45, 7) is 4.34. The van der Waals surface area contributed by atoms with Crippen LogP contribution in [0, 0.1) is 0 Å². The van der Waals surface area contributed by atoms with Gasteiger partial charge in [-0.25, -0.2) is 8.42 Å². The van der Waals surface area contributed by atoms with Crippen LogP contribution in [0.5, 0.6) is 0 Å². The maximum Gasteiger partial charge on any atom is 0.416 e. The number of alkyl halides is 3. The van der Waals surface area contributed by atoms with E-state index in [0.717, 1.165) is 6.07 Å². The molecule has 1 N–H and O–H groups in total. The standard InChI is InChI=1S/C14H19F3N2O2S.ClH/c1-10-8-19(11(2)7-18-10)22(20,21)9-12-5-3-4-6-13(12)14(15,16)17;/h3-6,10-11,18H,7-9H2,1-2H3;1H. The van der Waals surface area contributed by atoms with Crippen molar-refractivity contribution in [1.29, 1.82) is 0 Å². The lowest BCUT2D eigenvalue weighted by molar-refractivity contribution is -0.138. The first-order valence-electron chi connectivity index (χ1n) is 6.99. The Bertz CT molecular complexity index is 637. The lowest BCUT2D eigenvalue weighted by Crippen LogP contribution is -2.56. The lowest BCUT2D eigenvalue weighted by atomic mass is 10.1. The molecule has 1 fully saturated rings. The van der Waals surface area contributed by atoms with Crippen molar-refractivity contribution in [2.75, 3.05) is 13.1 Å². The van der Waals surface area contributed by atoms with Crippen LogP contribution in [-0.4, -0.2) is 37.9 Å². The molecule has 0 aromatic heterocycles. The van der Waals surface area contributed by atoms with Gasteiger partial charge in [-0.15, -0.1) is 12.4 Å². The minimum atomic E-state index is -4.56. The third-order valence-electron chi connectivity index (χ3n) is 3.73. The van der Waals surface area contributed by atoms with Gasteiger partial charge in [0.15, 0.2) is 0 Å². The van der Waals surface area contributed by atoms with E-state index in [1.54, 1.807) is 6.92 Å². The molecule has 0 bridgehead atoms. The van der Waals surface area contributed by atoms with E-state index in [4.69, 9.17) is 0 Å². The minimum absolute atomic E-state index is 0. The Kier molecular flexibility index (Phi) is 6.48.